The van der Waals surface area contributed by atoms with Crippen molar-refractivity contribution in [3.63, 3.8) is 0 Å². The first-order valence-electron chi connectivity index (χ1n) is 14.4. The molecule has 2 amide bonds. The van der Waals surface area contributed by atoms with Crippen molar-refractivity contribution in [3.8, 4) is 0 Å². The Labute approximate surface area is 269 Å². The van der Waals surface area contributed by atoms with Gasteiger partial charge in [0, 0.05) is 23.0 Å². The summed E-state index contributed by atoms with van der Waals surface area (Å²) in [6.07, 6.45) is 0.251. The highest BCUT2D eigenvalue weighted by Crippen LogP contribution is 2.25. The smallest absolute Gasteiger partial charge is 0.264 e. The molecule has 0 heterocycles. The SMILES string of the molecule is Cc1ccc(S(=O)(=O)N(CC(=O)N(Cc2ccc(Br)cc2)[C@H](Cc2ccccc2)C(=O)NC(C)(C)C)c2ccccc2)cc1. The van der Waals surface area contributed by atoms with Crippen LogP contribution in [0.15, 0.2) is 119 Å². The Morgan fingerprint density at radius 3 is 1.93 bits per heavy atom. The van der Waals surface area contributed by atoms with Crippen LogP contribution < -0.4 is 9.62 Å². The van der Waals surface area contributed by atoms with Crippen molar-refractivity contribution in [3.05, 3.63) is 130 Å². The maximum atomic E-state index is 14.5. The molecule has 4 aromatic carbocycles. The highest BCUT2D eigenvalue weighted by molar-refractivity contribution is 9.10. The summed E-state index contributed by atoms with van der Waals surface area (Å²) < 4.78 is 30.1. The molecule has 0 aliphatic rings. The van der Waals surface area contributed by atoms with Gasteiger partial charge in [0.2, 0.25) is 11.8 Å². The number of nitrogens with one attached hydrogen (secondary N) is 1. The van der Waals surface area contributed by atoms with Gasteiger partial charge in [0.05, 0.1) is 10.6 Å². The first-order chi connectivity index (χ1) is 20.8. The van der Waals surface area contributed by atoms with E-state index in [1.54, 1.807) is 54.6 Å². The molecule has 0 saturated carbocycles. The standard InChI is InChI=1S/C35H38BrN3O4S/c1-26-15-21-31(22-16-26)44(42,43)39(30-13-9-6-10-14-30)25-33(40)38(24-28-17-19-29(36)20-18-28)32(34(41)37-35(2,3)4)23-27-11-7-5-8-12-27/h5-22,32H,23-25H2,1-4H3,(H,37,41)/t32-/m1/s1. The maximum Gasteiger partial charge on any atom is 0.264 e. The molecule has 0 bridgehead atoms. The van der Waals surface area contributed by atoms with Crippen molar-refractivity contribution >= 4 is 43.5 Å². The zero-order chi connectivity index (χ0) is 31.9. The highest BCUT2D eigenvalue weighted by atomic mass is 79.9. The molecule has 0 spiro atoms. The van der Waals surface area contributed by atoms with E-state index < -0.39 is 34.1 Å². The second kappa shape index (κ2) is 14.2. The number of para-hydroxylation sites is 1. The van der Waals surface area contributed by atoms with Gasteiger partial charge in [0.1, 0.15) is 12.6 Å². The van der Waals surface area contributed by atoms with Crippen molar-refractivity contribution in [2.24, 2.45) is 0 Å². The summed E-state index contributed by atoms with van der Waals surface area (Å²) in [4.78, 5) is 30.0. The van der Waals surface area contributed by atoms with E-state index in [4.69, 9.17) is 0 Å². The van der Waals surface area contributed by atoms with Crippen molar-refractivity contribution in [1.29, 1.82) is 0 Å². The van der Waals surface area contributed by atoms with Crippen LogP contribution in [0.3, 0.4) is 0 Å². The summed E-state index contributed by atoms with van der Waals surface area (Å²) >= 11 is 3.46. The van der Waals surface area contributed by atoms with Crippen molar-refractivity contribution in [1.82, 2.24) is 10.2 Å². The number of amides is 2. The largest absolute Gasteiger partial charge is 0.350 e. The average molecular weight is 677 g/mol. The number of aryl methyl sites for hydroxylation is 1. The van der Waals surface area contributed by atoms with Gasteiger partial charge in [-0.15, -0.1) is 0 Å². The number of carbonyl (C=O) groups is 2. The van der Waals surface area contributed by atoms with Gasteiger partial charge in [-0.05, 0) is 75.2 Å². The lowest BCUT2D eigenvalue weighted by molar-refractivity contribution is -0.140. The van der Waals surface area contributed by atoms with E-state index in [9.17, 15) is 18.0 Å². The van der Waals surface area contributed by atoms with Crippen LogP contribution in [0.5, 0.6) is 0 Å². The van der Waals surface area contributed by atoms with Gasteiger partial charge in [0.15, 0.2) is 0 Å². The fraction of sp³-hybridized carbons (Fsp3) is 0.257. The molecule has 0 saturated heterocycles. The third-order valence-corrected chi connectivity index (χ3v) is 9.28. The Balaban J connectivity index is 1.79. The third-order valence-electron chi connectivity index (χ3n) is 6.97. The van der Waals surface area contributed by atoms with Gasteiger partial charge in [0.25, 0.3) is 10.0 Å². The Bertz CT molecular complexity index is 1660. The summed E-state index contributed by atoms with van der Waals surface area (Å²) in [5, 5.41) is 3.04. The van der Waals surface area contributed by atoms with Crippen LogP contribution in [0.1, 0.15) is 37.5 Å². The van der Waals surface area contributed by atoms with Gasteiger partial charge in [-0.2, -0.15) is 0 Å². The molecule has 7 nitrogen and oxygen atoms in total. The number of sulfonamides is 1. The normalized spacial score (nSPS) is 12.3. The minimum absolute atomic E-state index is 0.0746. The number of nitrogens with zero attached hydrogens (tertiary/aromatic N) is 2. The predicted octanol–water partition coefficient (Wildman–Crippen LogP) is 6.51. The van der Waals surface area contributed by atoms with Gasteiger partial charge >= 0.3 is 0 Å². The van der Waals surface area contributed by atoms with E-state index in [0.717, 1.165) is 25.5 Å². The second-order valence-corrected chi connectivity index (χ2v) is 14.5. The number of halogens is 1. The van der Waals surface area contributed by atoms with E-state index in [1.165, 1.54) is 4.90 Å². The van der Waals surface area contributed by atoms with Crippen LogP contribution >= 0.6 is 15.9 Å². The Hall–Kier alpha value is -3.95. The lowest BCUT2D eigenvalue weighted by atomic mass is 10.0. The lowest BCUT2D eigenvalue weighted by Gasteiger charge is -2.35. The minimum atomic E-state index is -4.13. The number of carbonyl (C=O) groups excluding carboxylic acids is 2. The van der Waals surface area contributed by atoms with E-state index >= 15 is 0 Å². The van der Waals surface area contributed by atoms with Gasteiger partial charge in [-0.25, -0.2) is 8.42 Å². The molecule has 0 radical (unpaired) electrons. The Morgan fingerprint density at radius 2 is 1.36 bits per heavy atom. The number of anilines is 1. The van der Waals surface area contributed by atoms with Crippen molar-refractivity contribution < 1.29 is 18.0 Å². The van der Waals surface area contributed by atoms with Crippen LogP contribution in [0.2, 0.25) is 0 Å². The lowest BCUT2D eigenvalue weighted by Crippen LogP contribution is -2.56. The summed E-state index contributed by atoms with van der Waals surface area (Å²) in [6, 6.07) is 31.2. The monoisotopic (exact) mass is 675 g/mol. The quantitative estimate of drug-likeness (QED) is 0.196. The van der Waals surface area contributed by atoms with Crippen LogP contribution in [0, 0.1) is 6.92 Å². The number of hydrogen-bond acceptors (Lipinski definition) is 4. The molecule has 4 rings (SSSR count). The Morgan fingerprint density at radius 1 is 0.795 bits per heavy atom. The summed E-state index contributed by atoms with van der Waals surface area (Å²) in [6.45, 7) is 7.15. The molecule has 1 N–H and O–H groups in total. The van der Waals surface area contributed by atoms with E-state index in [2.05, 4.69) is 21.2 Å². The molecule has 0 aromatic heterocycles. The van der Waals surface area contributed by atoms with Crippen LogP contribution in [-0.4, -0.2) is 43.3 Å². The summed E-state index contributed by atoms with van der Waals surface area (Å²) in [5.74, 6) is -0.822. The number of hydrogen-bond donors (Lipinski definition) is 1. The first-order valence-corrected chi connectivity index (χ1v) is 16.6. The van der Waals surface area contributed by atoms with Crippen LogP contribution in [0.25, 0.3) is 0 Å². The van der Waals surface area contributed by atoms with E-state index in [0.29, 0.717) is 5.69 Å². The van der Waals surface area contributed by atoms with Crippen molar-refractivity contribution in [2.75, 3.05) is 10.8 Å². The molecular formula is C35H38BrN3O4S. The zero-order valence-corrected chi connectivity index (χ0v) is 27.8. The highest BCUT2D eigenvalue weighted by Gasteiger charge is 2.35. The van der Waals surface area contributed by atoms with Crippen LogP contribution in [0.4, 0.5) is 5.69 Å². The number of rotatable bonds is 11. The van der Waals surface area contributed by atoms with Gasteiger partial charge in [-0.1, -0.05) is 94.3 Å². The molecular weight excluding hydrogens is 638 g/mol. The minimum Gasteiger partial charge on any atom is -0.350 e. The van der Waals surface area contributed by atoms with Crippen LogP contribution in [-0.2, 0) is 32.6 Å². The third kappa shape index (κ3) is 8.80. The van der Waals surface area contributed by atoms with E-state index in [1.807, 2.05) is 82.3 Å². The number of benzene rings is 4. The Kier molecular flexibility index (Phi) is 10.7. The molecule has 9 heteroatoms. The molecule has 230 valence electrons. The van der Waals surface area contributed by atoms with Gasteiger partial charge < -0.3 is 10.2 Å². The van der Waals surface area contributed by atoms with Crippen molar-refractivity contribution in [2.45, 2.75) is 57.1 Å². The molecule has 0 unspecified atom stereocenters. The topological polar surface area (TPSA) is 86.8 Å². The summed E-state index contributed by atoms with van der Waals surface area (Å²) in [5.41, 5.74) is 2.39. The van der Waals surface area contributed by atoms with E-state index in [-0.39, 0.29) is 23.8 Å². The first kappa shape index (κ1) is 33.0. The molecule has 0 aliphatic heterocycles. The second-order valence-electron chi connectivity index (χ2n) is 11.8. The molecule has 44 heavy (non-hydrogen) atoms. The molecule has 4 aromatic rings. The predicted molar refractivity (Wildman–Crippen MR) is 179 cm³/mol. The summed E-state index contributed by atoms with van der Waals surface area (Å²) in [7, 11) is -4.13. The fourth-order valence-corrected chi connectivity index (χ4v) is 6.43. The average Bonchev–Trinajstić information content (AvgIpc) is 2.98. The molecule has 1 atom stereocenters. The fourth-order valence-electron chi connectivity index (χ4n) is 4.75. The molecule has 0 fully saturated rings. The maximum absolute atomic E-state index is 14.5. The zero-order valence-electron chi connectivity index (χ0n) is 25.4. The van der Waals surface area contributed by atoms with Gasteiger partial charge in [-0.3, -0.25) is 13.9 Å². The molecule has 0 aliphatic carbocycles.